The molecule has 2 aliphatic heterocycles. The van der Waals surface area contributed by atoms with Gasteiger partial charge in [0.15, 0.2) is 0 Å². The van der Waals surface area contributed by atoms with Crippen LogP contribution in [0.15, 0.2) is 0 Å². The first kappa shape index (κ1) is 10.4. The molecule has 0 aromatic rings. The first-order valence-corrected chi connectivity index (χ1v) is 5.79. The second-order valence-electron chi connectivity index (χ2n) is 4.93. The molecule has 0 spiro atoms. The normalized spacial score (nSPS) is 30.4. The fraction of sp³-hybridized carbons (Fsp3) is 1.00. The van der Waals surface area contributed by atoms with Crippen LogP contribution in [0, 0.1) is 0 Å². The summed E-state index contributed by atoms with van der Waals surface area (Å²) < 4.78 is 5.43. The number of nitrogens with two attached hydrogens (primary N) is 1. The highest BCUT2D eigenvalue weighted by atomic mass is 16.5. The molecule has 14 heavy (non-hydrogen) atoms. The summed E-state index contributed by atoms with van der Waals surface area (Å²) in [7, 11) is 0. The van der Waals surface area contributed by atoms with Gasteiger partial charge in [-0.25, -0.2) is 0 Å². The van der Waals surface area contributed by atoms with Crippen LogP contribution in [0.1, 0.15) is 32.6 Å². The maximum absolute atomic E-state index is 5.92. The number of rotatable bonds is 1. The Balaban J connectivity index is 1.92. The van der Waals surface area contributed by atoms with Gasteiger partial charge in [-0.15, -0.1) is 0 Å². The van der Waals surface area contributed by atoms with E-state index in [0.29, 0.717) is 11.6 Å². The lowest BCUT2D eigenvalue weighted by molar-refractivity contribution is -0.0280. The summed E-state index contributed by atoms with van der Waals surface area (Å²) in [4.78, 5) is 2.62. The topological polar surface area (TPSA) is 38.5 Å². The summed E-state index contributed by atoms with van der Waals surface area (Å²) in [5.41, 5.74) is 6.31. The number of hydrogen-bond acceptors (Lipinski definition) is 3. The van der Waals surface area contributed by atoms with Crippen molar-refractivity contribution >= 4 is 0 Å². The van der Waals surface area contributed by atoms with E-state index in [9.17, 15) is 0 Å². The monoisotopic (exact) mass is 198 g/mol. The van der Waals surface area contributed by atoms with Crippen LogP contribution >= 0.6 is 0 Å². The van der Waals surface area contributed by atoms with E-state index >= 15 is 0 Å². The lowest BCUT2D eigenvalue weighted by Gasteiger charge is -2.46. The molecule has 0 aliphatic carbocycles. The van der Waals surface area contributed by atoms with Gasteiger partial charge in [0.2, 0.25) is 0 Å². The Hall–Kier alpha value is -0.120. The van der Waals surface area contributed by atoms with Crippen molar-refractivity contribution in [3.63, 3.8) is 0 Å². The molecule has 2 saturated heterocycles. The zero-order chi connectivity index (χ0) is 10.0. The van der Waals surface area contributed by atoms with E-state index in [-0.39, 0.29) is 0 Å². The third-order valence-corrected chi connectivity index (χ3v) is 3.87. The molecule has 0 saturated carbocycles. The summed E-state index contributed by atoms with van der Waals surface area (Å²) >= 11 is 0. The van der Waals surface area contributed by atoms with Gasteiger partial charge in [0, 0.05) is 37.9 Å². The molecule has 2 aliphatic rings. The average Bonchev–Trinajstić information content (AvgIpc) is 2.19. The molecule has 0 bridgehead atoms. The van der Waals surface area contributed by atoms with Crippen molar-refractivity contribution in [3.8, 4) is 0 Å². The van der Waals surface area contributed by atoms with Crippen LogP contribution in [-0.4, -0.2) is 42.8 Å². The SMILES string of the molecule is CC1(N2CCC(N)CC2)CCOCC1. The highest BCUT2D eigenvalue weighted by Gasteiger charge is 2.35. The van der Waals surface area contributed by atoms with Gasteiger partial charge in [-0.1, -0.05) is 0 Å². The van der Waals surface area contributed by atoms with Crippen LogP contribution in [0.5, 0.6) is 0 Å². The molecule has 2 heterocycles. The van der Waals surface area contributed by atoms with E-state index in [2.05, 4.69) is 11.8 Å². The van der Waals surface area contributed by atoms with Gasteiger partial charge in [-0.05, 0) is 32.6 Å². The minimum atomic E-state index is 0.387. The van der Waals surface area contributed by atoms with Crippen molar-refractivity contribution in [1.82, 2.24) is 4.90 Å². The number of hydrogen-bond donors (Lipinski definition) is 1. The molecule has 0 atom stereocenters. The van der Waals surface area contributed by atoms with Crippen LogP contribution in [-0.2, 0) is 4.74 Å². The Kier molecular flexibility index (Phi) is 3.10. The third kappa shape index (κ3) is 2.10. The van der Waals surface area contributed by atoms with Gasteiger partial charge >= 0.3 is 0 Å². The average molecular weight is 198 g/mol. The van der Waals surface area contributed by atoms with E-state index in [1.165, 1.54) is 25.9 Å². The number of nitrogens with zero attached hydrogens (tertiary/aromatic N) is 1. The van der Waals surface area contributed by atoms with Crippen LogP contribution < -0.4 is 5.73 Å². The summed E-state index contributed by atoms with van der Waals surface area (Å²) in [6.45, 7) is 6.60. The molecular formula is C11H22N2O. The minimum Gasteiger partial charge on any atom is -0.381 e. The van der Waals surface area contributed by atoms with Gasteiger partial charge < -0.3 is 10.5 Å². The number of piperidine rings is 1. The van der Waals surface area contributed by atoms with Crippen LogP contribution in [0.25, 0.3) is 0 Å². The predicted octanol–water partition coefficient (Wildman–Crippen LogP) is 0.979. The second kappa shape index (κ2) is 4.17. The third-order valence-electron chi connectivity index (χ3n) is 3.87. The molecule has 0 radical (unpaired) electrons. The van der Waals surface area contributed by atoms with Gasteiger partial charge in [0.25, 0.3) is 0 Å². The molecule has 3 nitrogen and oxygen atoms in total. The van der Waals surface area contributed by atoms with Crippen molar-refractivity contribution in [2.45, 2.75) is 44.2 Å². The van der Waals surface area contributed by atoms with Crippen molar-refractivity contribution in [2.75, 3.05) is 26.3 Å². The molecule has 3 heteroatoms. The zero-order valence-corrected chi connectivity index (χ0v) is 9.17. The van der Waals surface area contributed by atoms with Gasteiger partial charge in [0.1, 0.15) is 0 Å². The van der Waals surface area contributed by atoms with E-state index in [1.54, 1.807) is 0 Å². The Morgan fingerprint density at radius 3 is 2.36 bits per heavy atom. The molecule has 0 amide bonds. The first-order valence-electron chi connectivity index (χ1n) is 5.79. The van der Waals surface area contributed by atoms with Crippen LogP contribution in [0.4, 0.5) is 0 Å². The first-order chi connectivity index (χ1) is 6.71. The highest BCUT2D eigenvalue weighted by Crippen LogP contribution is 2.29. The van der Waals surface area contributed by atoms with Crippen molar-refractivity contribution in [3.05, 3.63) is 0 Å². The minimum absolute atomic E-state index is 0.387. The lowest BCUT2D eigenvalue weighted by atomic mass is 9.88. The maximum Gasteiger partial charge on any atom is 0.0483 e. The second-order valence-corrected chi connectivity index (χ2v) is 4.93. The Morgan fingerprint density at radius 2 is 1.79 bits per heavy atom. The summed E-state index contributed by atoms with van der Waals surface area (Å²) in [5.74, 6) is 0. The fourth-order valence-corrected chi connectivity index (χ4v) is 2.57. The number of ether oxygens (including phenoxy) is 1. The molecule has 2 fully saturated rings. The summed E-state index contributed by atoms with van der Waals surface area (Å²) in [6, 6.07) is 0.440. The predicted molar refractivity (Wildman–Crippen MR) is 57.2 cm³/mol. The van der Waals surface area contributed by atoms with Crippen molar-refractivity contribution in [1.29, 1.82) is 0 Å². The Labute approximate surface area is 86.6 Å². The Bertz CT molecular complexity index is 182. The molecule has 0 unspecified atom stereocenters. The zero-order valence-electron chi connectivity index (χ0n) is 9.17. The molecule has 82 valence electrons. The van der Waals surface area contributed by atoms with E-state index in [1.807, 2.05) is 0 Å². The van der Waals surface area contributed by atoms with Gasteiger partial charge in [-0.2, -0.15) is 0 Å². The molecule has 2 N–H and O–H groups in total. The molecule has 0 aromatic carbocycles. The largest absolute Gasteiger partial charge is 0.381 e. The fourth-order valence-electron chi connectivity index (χ4n) is 2.57. The molecule has 0 aromatic heterocycles. The Morgan fingerprint density at radius 1 is 1.21 bits per heavy atom. The van der Waals surface area contributed by atoms with Crippen LogP contribution in [0.2, 0.25) is 0 Å². The lowest BCUT2D eigenvalue weighted by Crippen LogP contribution is -2.54. The van der Waals surface area contributed by atoms with Gasteiger partial charge in [-0.3, -0.25) is 4.90 Å². The van der Waals surface area contributed by atoms with E-state index in [4.69, 9.17) is 10.5 Å². The molecule has 2 rings (SSSR count). The van der Waals surface area contributed by atoms with E-state index in [0.717, 1.165) is 26.1 Å². The standard InChI is InChI=1S/C11H22N2O/c1-11(4-8-14-9-5-11)13-6-2-10(12)3-7-13/h10H,2-9,12H2,1H3. The smallest absolute Gasteiger partial charge is 0.0483 e. The van der Waals surface area contributed by atoms with Crippen molar-refractivity contribution < 1.29 is 4.74 Å². The number of likely N-dealkylation sites (tertiary alicyclic amines) is 1. The van der Waals surface area contributed by atoms with Gasteiger partial charge in [0.05, 0.1) is 0 Å². The summed E-state index contributed by atoms with van der Waals surface area (Å²) in [5, 5.41) is 0. The molecular weight excluding hydrogens is 176 g/mol. The van der Waals surface area contributed by atoms with Crippen LogP contribution in [0.3, 0.4) is 0 Å². The van der Waals surface area contributed by atoms with Crippen molar-refractivity contribution in [2.24, 2.45) is 5.73 Å². The quantitative estimate of drug-likeness (QED) is 0.682. The maximum atomic E-state index is 5.92. The van der Waals surface area contributed by atoms with E-state index < -0.39 is 0 Å². The highest BCUT2D eigenvalue weighted by molar-refractivity contribution is 4.91. The summed E-state index contributed by atoms with van der Waals surface area (Å²) in [6.07, 6.45) is 4.69.